The fraction of sp³-hybridized carbons (Fsp3) is 0.368. The number of methoxy groups -OCH3 is 1. The Labute approximate surface area is 136 Å². The molecule has 0 amide bonds. The van der Waals surface area contributed by atoms with E-state index in [1.165, 1.54) is 5.56 Å². The summed E-state index contributed by atoms with van der Waals surface area (Å²) < 4.78 is 11.4. The van der Waals surface area contributed by atoms with E-state index in [1.54, 1.807) is 13.2 Å². The SMILES string of the molecule is COc1ccc2c(c1)Oc1c(O)cccc1C21CCN(C)CC1. The van der Waals surface area contributed by atoms with Crippen LogP contribution >= 0.6 is 0 Å². The zero-order valence-corrected chi connectivity index (χ0v) is 13.5. The summed E-state index contributed by atoms with van der Waals surface area (Å²) in [4.78, 5) is 2.35. The molecule has 0 aromatic heterocycles. The normalized spacial score (nSPS) is 18.9. The van der Waals surface area contributed by atoms with Crippen LogP contribution < -0.4 is 9.47 Å². The third-order valence-electron chi connectivity index (χ3n) is 5.27. The summed E-state index contributed by atoms with van der Waals surface area (Å²) in [5.41, 5.74) is 2.20. The minimum absolute atomic E-state index is 0.0968. The quantitative estimate of drug-likeness (QED) is 0.875. The van der Waals surface area contributed by atoms with Gasteiger partial charge >= 0.3 is 0 Å². The Hall–Kier alpha value is -2.20. The Morgan fingerprint density at radius 2 is 1.91 bits per heavy atom. The van der Waals surface area contributed by atoms with Gasteiger partial charge in [-0.05, 0) is 45.1 Å². The van der Waals surface area contributed by atoms with E-state index in [-0.39, 0.29) is 11.2 Å². The molecule has 4 rings (SSSR count). The van der Waals surface area contributed by atoms with Crippen LogP contribution in [0.5, 0.6) is 23.0 Å². The predicted molar refractivity (Wildman–Crippen MR) is 88.7 cm³/mol. The van der Waals surface area contributed by atoms with E-state index in [0.717, 1.165) is 43.0 Å². The molecule has 0 atom stereocenters. The maximum absolute atomic E-state index is 10.3. The lowest BCUT2D eigenvalue weighted by Crippen LogP contribution is -2.43. The number of piperidine rings is 1. The smallest absolute Gasteiger partial charge is 0.173 e. The highest BCUT2D eigenvalue weighted by Crippen LogP contribution is 2.55. The number of hydrogen-bond acceptors (Lipinski definition) is 4. The van der Waals surface area contributed by atoms with Crippen molar-refractivity contribution in [3.05, 3.63) is 47.5 Å². The van der Waals surface area contributed by atoms with Crippen molar-refractivity contribution in [2.75, 3.05) is 27.2 Å². The molecule has 2 aliphatic heterocycles. The fourth-order valence-corrected chi connectivity index (χ4v) is 3.91. The lowest BCUT2D eigenvalue weighted by molar-refractivity contribution is 0.201. The van der Waals surface area contributed by atoms with Crippen molar-refractivity contribution in [2.45, 2.75) is 18.3 Å². The minimum atomic E-state index is -0.0968. The average Bonchev–Trinajstić information content (AvgIpc) is 2.58. The molecule has 0 bridgehead atoms. The van der Waals surface area contributed by atoms with Gasteiger partial charge in [0.2, 0.25) is 0 Å². The van der Waals surface area contributed by atoms with Gasteiger partial charge in [0.25, 0.3) is 0 Å². The first-order valence-electron chi connectivity index (χ1n) is 8.01. The number of para-hydroxylation sites is 1. The molecule has 0 saturated carbocycles. The van der Waals surface area contributed by atoms with Crippen molar-refractivity contribution in [1.29, 1.82) is 0 Å². The van der Waals surface area contributed by atoms with Crippen molar-refractivity contribution in [3.63, 3.8) is 0 Å². The fourth-order valence-electron chi connectivity index (χ4n) is 3.91. The molecule has 1 saturated heterocycles. The summed E-state index contributed by atoms with van der Waals surface area (Å²) in [6.07, 6.45) is 2.03. The van der Waals surface area contributed by atoms with Gasteiger partial charge in [-0.15, -0.1) is 0 Å². The molecular formula is C19H21NO3. The highest BCUT2D eigenvalue weighted by atomic mass is 16.5. The van der Waals surface area contributed by atoms with Crippen molar-refractivity contribution < 1.29 is 14.6 Å². The first-order chi connectivity index (χ1) is 11.1. The molecule has 0 radical (unpaired) electrons. The zero-order valence-electron chi connectivity index (χ0n) is 13.5. The summed E-state index contributed by atoms with van der Waals surface area (Å²) in [6, 6.07) is 11.7. The van der Waals surface area contributed by atoms with Gasteiger partial charge in [0, 0.05) is 22.6 Å². The summed E-state index contributed by atoms with van der Waals surface area (Å²) in [5, 5.41) is 10.3. The topological polar surface area (TPSA) is 41.9 Å². The number of nitrogens with zero attached hydrogens (tertiary/aromatic N) is 1. The Kier molecular flexibility index (Phi) is 3.23. The molecule has 0 unspecified atom stereocenters. The van der Waals surface area contributed by atoms with E-state index in [2.05, 4.69) is 24.1 Å². The Morgan fingerprint density at radius 1 is 1.13 bits per heavy atom. The minimum Gasteiger partial charge on any atom is -0.504 e. The van der Waals surface area contributed by atoms with Crippen LogP contribution in [0.15, 0.2) is 36.4 Å². The van der Waals surface area contributed by atoms with E-state index in [1.807, 2.05) is 18.2 Å². The van der Waals surface area contributed by atoms with Crippen LogP contribution in [0.1, 0.15) is 24.0 Å². The number of hydrogen-bond donors (Lipinski definition) is 1. The lowest BCUT2D eigenvalue weighted by atomic mass is 9.66. The van der Waals surface area contributed by atoms with Gasteiger partial charge in [0.15, 0.2) is 11.5 Å². The maximum atomic E-state index is 10.3. The third-order valence-corrected chi connectivity index (χ3v) is 5.27. The molecule has 4 heteroatoms. The number of fused-ring (bicyclic) bond motifs is 4. The number of benzene rings is 2. The zero-order chi connectivity index (χ0) is 16.0. The summed E-state index contributed by atoms with van der Waals surface area (Å²) in [5.74, 6) is 2.36. The van der Waals surface area contributed by atoms with Crippen LogP contribution in [0, 0.1) is 0 Å². The van der Waals surface area contributed by atoms with Gasteiger partial charge in [-0.3, -0.25) is 0 Å². The monoisotopic (exact) mass is 311 g/mol. The van der Waals surface area contributed by atoms with Crippen molar-refractivity contribution in [2.24, 2.45) is 0 Å². The van der Waals surface area contributed by atoms with Crippen LogP contribution in [0.3, 0.4) is 0 Å². The van der Waals surface area contributed by atoms with Crippen LogP contribution in [0.2, 0.25) is 0 Å². The van der Waals surface area contributed by atoms with E-state index in [9.17, 15) is 5.11 Å². The molecule has 23 heavy (non-hydrogen) atoms. The molecule has 2 aromatic rings. The van der Waals surface area contributed by atoms with E-state index in [4.69, 9.17) is 9.47 Å². The second-order valence-electron chi connectivity index (χ2n) is 6.50. The molecule has 1 N–H and O–H groups in total. The first kappa shape index (κ1) is 14.4. The number of phenolic OH excluding ortho intramolecular Hbond substituents is 1. The molecule has 2 heterocycles. The van der Waals surface area contributed by atoms with Gasteiger partial charge in [-0.25, -0.2) is 0 Å². The van der Waals surface area contributed by atoms with Crippen molar-refractivity contribution >= 4 is 0 Å². The number of aromatic hydroxyl groups is 1. The van der Waals surface area contributed by atoms with Crippen LogP contribution in [0.4, 0.5) is 0 Å². The lowest BCUT2D eigenvalue weighted by Gasteiger charge is -2.45. The van der Waals surface area contributed by atoms with Gasteiger partial charge < -0.3 is 19.5 Å². The average molecular weight is 311 g/mol. The van der Waals surface area contributed by atoms with Crippen LogP contribution in [-0.4, -0.2) is 37.3 Å². The van der Waals surface area contributed by atoms with E-state index >= 15 is 0 Å². The number of rotatable bonds is 1. The molecule has 0 aliphatic carbocycles. The summed E-state index contributed by atoms with van der Waals surface area (Å²) in [7, 11) is 3.81. The highest BCUT2D eigenvalue weighted by molar-refractivity contribution is 5.63. The number of ether oxygens (including phenoxy) is 2. The van der Waals surface area contributed by atoms with Gasteiger partial charge in [0.05, 0.1) is 7.11 Å². The third kappa shape index (κ3) is 2.09. The molecule has 2 aromatic carbocycles. The van der Waals surface area contributed by atoms with Crippen LogP contribution in [0.25, 0.3) is 0 Å². The second-order valence-corrected chi connectivity index (χ2v) is 6.50. The first-order valence-corrected chi connectivity index (χ1v) is 8.01. The summed E-state index contributed by atoms with van der Waals surface area (Å²) >= 11 is 0. The Bertz CT molecular complexity index is 748. The van der Waals surface area contributed by atoms with E-state index in [0.29, 0.717) is 5.75 Å². The van der Waals surface area contributed by atoms with Crippen molar-refractivity contribution in [3.8, 4) is 23.0 Å². The molecule has 4 nitrogen and oxygen atoms in total. The standard InChI is InChI=1S/C19H21NO3/c1-20-10-8-19(9-11-20)14-7-6-13(22-2)12-17(14)23-18-15(19)4-3-5-16(18)21/h3-7,12,21H,8-11H2,1-2H3. The second kappa shape index (κ2) is 5.17. The molecule has 120 valence electrons. The van der Waals surface area contributed by atoms with Gasteiger partial charge in [0.1, 0.15) is 11.5 Å². The molecule has 1 fully saturated rings. The largest absolute Gasteiger partial charge is 0.504 e. The number of likely N-dealkylation sites (tertiary alicyclic amines) is 1. The molecular weight excluding hydrogens is 290 g/mol. The summed E-state index contributed by atoms with van der Waals surface area (Å²) in [6.45, 7) is 2.06. The van der Waals surface area contributed by atoms with Crippen LogP contribution in [-0.2, 0) is 5.41 Å². The molecule has 2 aliphatic rings. The maximum Gasteiger partial charge on any atom is 0.173 e. The highest BCUT2D eigenvalue weighted by Gasteiger charge is 2.44. The molecule has 1 spiro atoms. The van der Waals surface area contributed by atoms with Gasteiger partial charge in [-0.1, -0.05) is 18.2 Å². The van der Waals surface area contributed by atoms with Crippen molar-refractivity contribution in [1.82, 2.24) is 4.90 Å². The van der Waals surface area contributed by atoms with E-state index < -0.39 is 0 Å². The number of phenols is 1. The predicted octanol–water partition coefficient (Wildman–Crippen LogP) is 3.52. The van der Waals surface area contributed by atoms with Gasteiger partial charge in [-0.2, -0.15) is 0 Å². The Morgan fingerprint density at radius 3 is 2.65 bits per heavy atom. The Balaban J connectivity index is 1.93.